The van der Waals surface area contributed by atoms with Crippen LogP contribution in [0.1, 0.15) is 25.7 Å². The van der Waals surface area contributed by atoms with Crippen LogP contribution in [-0.4, -0.2) is 23.9 Å². The average Bonchev–Trinajstić information content (AvgIpc) is 2.29. The Morgan fingerprint density at radius 3 is 2.59 bits per heavy atom. The van der Waals surface area contributed by atoms with E-state index in [2.05, 4.69) is 4.98 Å². The first-order valence-electron chi connectivity index (χ1n) is 5.63. The number of rotatable bonds is 2. The van der Waals surface area contributed by atoms with E-state index in [-0.39, 0.29) is 17.6 Å². The fourth-order valence-corrected chi connectivity index (χ4v) is 2.15. The van der Waals surface area contributed by atoms with E-state index in [4.69, 9.17) is 0 Å². The summed E-state index contributed by atoms with van der Waals surface area (Å²) in [5.41, 5.74) is 0. The van der Waals surface area contributed by atoms with Crippen molar-refractivity contribution in [3.05, 3.63) is 23.9 Å². The van der Waals surface area contributed by atoms with E-state index in [0.29, 0.717) is 25.7 Å². The maximum absolute atomic E-state index is 13.5. The van der Waals surface area contributed by atoms with E-state index in [0.717, 1.165) is 12.3 Å². The third-order valence-electron chi connectivity index (χ3n) is 3.18. The standard InChI is InChI=1S/C12H14F2N2O/c1-16(9-2-4-10(17)5-3-9)12-11(14)6-8(13)7-15-12/h6-7,9H,2-5H2,1H3. The van der Waals surface area contributed by atoms with E-state index >= 15 is 0 Å². The molecule has 1 aliphatic carbocycles. The highest BCUT2D eigenvalue weighted by Crippen LogP contribution is 2.25. The van der Waals surface area contributed by atoms with Gasteiger partial charge in [0, 0.05) is 32.0 Å². The molecule has 1 heterocycles. The van der Waals surface area contributed by atoms with E-state index < -0.39 is 11.6 Å². The van der Waals surface area contributed by atoms with Crippen LogP contribution in [0.4, 0.5) is 14.6 Å². The zero-order valence-electron chi connectivity index (χ0n) is 9.62. The smallest absolute Gasteiger partial charge is 0.168 e. The van der Waals surface area contributed by atoms with E-state index in [1.807, 2.05) is 0 Å². The lowest BCUT2D eigenvalue weighted by atomic mass is 9.93. The summed E-state index contributed by atoms with van der Waals surface area (Å²) in [6.07, 6.45) is 3.46. The van der Waals surface area contributed by atoms with Gasteiger partial charge in [0.25, 0.3) is 0 Å². The molecule has 0 aromatic carbocycles. The lowest BCUT2D eigenvalue weighted by Gasteiger charge is -2.31. The van der Waals surface area contributed by atoms with Gasteiger partial charge in [-0.3, -0.25) is 4.79 Å². The summed E-state index contributed by atoms with van der Waals surface area (Å²) >= 11 is 0. The second-order valence-electron chi connectivity index (χ2n) is 4.34. The van der Waals surface area contributed by atoms with Crippen molar-refractivity contribution in [2.24, 2.45) is 0 Å². The van der Waals surface area contributed by atoms with Crippen molar-refractivity contribution in [2.45, 2.75) is 31.7 Å². The Kier molecular flexibility index (Phi) is 3.36. The summed E-state index contributed by atoms with van der Waals surface area (Å²) in [5, 5.41) is 0. The quantitative estimate of drug-likeness (QED) is 0.795. The van der Waals surface area contributed by atoms with Gasteiger partial charge in [-0.05, 0) is 12.8 Å². The molecule has 1 fully saturated rings. The molecule has 0 radical (unpaired) electrons. The highest BCUT2D eigenvalue weighted by Gasteiger charge is 2.24. The Bertz CT molecular complexity index is 427. The summed E-state index contributed by atoms with van der Waals surface area (Å²) < 4.78 is 26.3. The summed E-state index contributed by atoms with van der Waals surface area (Å²) in [4.78, 5) is 16.6. The topological polar surface area (TPSA) is 33.2 Å². The first kappa shape index (κ1) is 12.0. The molecule has 1 saturated carbocycles. The van der Waals surface area contributed by atoms with Crippen molar-refractivity contribution in [1.29, 1.82) is 0 Å². The van der Waals surface area contributed by atoms with Crippen molar-refractivity contribution in [3.63, 3.8) is 0 Å². The van der Waals surface area contributed by atoms with Crippen LogP contribution in [0.3, 0.4) is 0 Å². The van der Waals surface area contributed by atoms with Gasteiger partial charge in [-0.25, -0.2) is 13.8 Å². The van der Waals surface area contributed by atoms with Crippen LogP contribution in [-0.2, 0) is 4.79 Å². The Labute approximate surface area is 98.5 Å². The first-order valence-corrected chi connectivity index (χ1v) is 5.63. The van der Waals surface area contributed by atoms with Gasteiger partial charge in [-0.15, -0.1) is 0 Å². The van der Waals surface area contributed by atoms with E-state index in [1.165, 1.54) is 0 Å². The van der Waals surface area contributed by atoms with Gasteiger partial charge in [0.15, 0.2) is 11.6 Å². The fraction of sp³-hybridized carbons (Fsp3) is 0.500. The number of pyridine rings is 1. The minimum Gasteiger partial charge on any atom is -0.354 e. The maximum atomic E-state index is 13.5. The molecular formula is C12H14F2N2O. The van der Waals surface area contributed by atoms with Crippen LogP contribution in [0.15, 0.2) is 12.3 Å². The summed E-state index contributed by atoms with van der Waals surface area (Å²) in [7, 11) is 1.73. The molecular weight excluding hydrogens is 226 g/mol. The van der Waals surface area contributed by atoms with Crippen LogP contribution in [0.25, 0.3) is 0 Å². The molecule has 3 nitrogen and oxygen atoms in total. The van der Waals surface area contributed by atoms with Crippen molar-refractivity contribution < 1.29 is 13.6 Å². The average molecular weight is 240 g/mol. The summed E-state index contributed by atoms with van der Waals surface area (Å²) in [5.74, 6) is -0.948. The predicted octanol–water partition coefficient (Wildman–Crippen LogP) is 2.31. The Morgan fingerprint density at radius 2 is 2.00 bits per heavy atom. The normalized spacial score (nSPS) is 17.2. The van der Waals surface area contributed by atoms with Crippen LogP contribution >= 0.6 is 0 Å². The molecule has 0 amide bonds. The molecule has 0 atom stereocenters. The number of aromatic nitrogens is 1. The van der Waals surface area contributed by atoms with E-state index in [9.17, 15) is 13.6 Å². The molecule has 5 heteroatoms. The van der Waals surface area contributed by atoms with Crippen molar-refractivity contribution >= 4 is 11.6 Å². The third kappa shape index (κ3) is 2.60. The SMILES string of the molecule is CN(c1ncc(F)cc1F)C1CCC(=O)CC1. The number of ketones is 1. The Balaban J connectivity index is 2.13. The minimum atomic E-state index is -0.682. The molecule has 0 spiro atoms. The van der Waals surface area contributed by atoms with Gasteiger partial charge >= 0.3 is 0 Å². The predicted molar refractivity (Wildman–Crippen MR) is 59.8 cm³/mol. The number of carbonyl (C=O) groups is 1. The number of carbonyl (C=O) groups excluding carboxylic acids is 1. The van der Waals surface area contributed by atoms with Crippen molar-refractivity contribution in [1.82, 2.24) is 4.98 Å². The Morgan fingerprint density at radius 1 is 1.35 bits per heavy atom. The van der Waals surface area contributed by atoms with Gasteiger partial charge in [0.2, 0.25) is 0 Å². The zero-order chi connectivity index (χ0) is 12.4. The summed E-state index contributed by atoms with van der Waals surface area (Å²) in [6.45, 7) is 0. The third-order valence-corrected chi connectivity index (χ3v) is 3.18. The number of anilines is 1. The fourth-order valence-electron chi connectivity index (χ4n) is 2.15. The number of hydrogen-bond acceptors (Lipinski definition) is 3. The van der Waals surface area contributed by atoms with Gasteiger partial charge in [0.1, 0.15) is 11.6 Å². The molecule has 0 N–H and O–H groups in total. The van der Waals surface area contributed by atoms with Crippen LogP contribution < -0.4 is 4.90 Å². The second-order valence-corrected chi connectivity index (χ2v) is 4.34. The molecule has 92 valence electrons. The zero-order valence-corrected chi connectivity index (χ0v) is 9.62. The van der Waals surface area contributed by atoms with Crippen molar-refractivity contribution in [2.75, 3.05) is 11.9 Å². The number of nitrogens with zero attached hydrogens (tertiary/aromatic N) is 2. The maximum Gasteiger partial charge on any atom is 0.168 e. The van der Waals surface area contributed by atoms with Crippen LogP contribution in [0, 0.1) is 11.6 Å². The number of halogens is 2. The molecule has 0 bridgehead atoms. The lowest BCUT2D eigenvalue weighted by Crippen LogP contribution is -2.36. The van der Waals surface area contributed by atoms with Crippen LogP contribution in [0.5, 0.6) is 0 Å². The second kappa shape index (κ2) is 4.77. The molecule has 17 heavy (non-hydrogen) atoms. The lowest BCUT2D eigenvalue weighted by molar-refractivity contribution is -0.120. The van der Waals surface area contributed by atoms with E-state index in [1.54, 1.807) is 11.9 Å². The minimum absolute atomic E-state index is 0.0974. The Hall–Kier alpha value is -1.52. The molecule has 1 aromatic heterocycles. The van der Waals surface area contributed by atoms with Crippen molar-refractivity contribution in [3.8, 4) is 0 Å². The van der Waals surface area contributed by atoms with Gasteiger partial charge in [-0.2, -0.15) is 0 Å². The summed E-state index contributed by atoms with van der Waals surface area (Å²) in [6, 6.07) is 0.924. The molecule has 1 aliphatic rings. The largest absolute Gasteiger partial charge is 0.354 e. The molecule has 1 aromatic rings. The molecule has 0 unspecified atom stereocenters. The van der Waals surface area contributed by atoms with Gasteiger partial charge < -0.3 is 4.90 Å². The number of Topliss-reactive ketones (excluding diaryl/α,β-unsaturated/α-hetero) is 1. The molecule has 2 rings (SSSR count). The van der Waals surface area contributed by atoms with Gasteiger partial charge in [-0.1, -0.05) is 0 Å². The van der Waals surface area contributed by atoms with Gasteiger partial charge in [0.05, 0.1) is 6.20 Å². The van der Waals surface area contributed by atoms with Crippen LogP contribution in [0.2, 0.25) is 0 Å². The monoisotopic (exact) mass is 240 g/mol. The number of hydrogen-bond donors (Lipinski definition) is 0. The molecule has 0 saturated heterocycles. The highest BCUT2D eigenvalue weighted by molar-refractivity contribution is 5.79. The highest BCUT2D eigenvalue weighted by atomic mass is 19.1. The molecule has 0 aliphatic heterocycles. The first-order chi connectivity index (χ1) is 8.08.